The molecule has 1 aliphatic rings. The Morgan fingerprint density at radius 1 is 0.636 bits per heavy atom. The molecule has 0 aliphatic carbocycles. The fourth-order valence-corrected chi connectivity index (χ4v) is 5.65. The van der Waals surface area contributed by atoms with Crippen molar-refractivity contribution in [3.05, 3.63) is 72.3 Å². The van der Waals surface area contributed by atoms with Gasteiger partial charge in [0.25, 0.3) is 11.8 Å². The maximum Gasteiger partial charge on any atom is 2.00 e. The summed E-state index contributed by atoms with van der Waals surface area (Å²) in [6.45, 7) is 11.3. The van der Waals surface area contributed by atoms with E-state index in [0.29, 0.717) is 22.1 Å². The molecule has 5 rings (SSSR count). The first-order chi connectivity index (χ1) is 25.6. The second kappa shape index (κ2) is 18.3. The number of nitrogens with one attached hydrogen (secondary N) is 4. The predicted octanol–water partition coefficient (Wildman–Crippen LogP) is 0.549. The van der Waals surface area contributed by atoms with Crippen molar-refractivity contribution >= 4 is 45.7 Å². The van der Waals surface area contributed by atoms with Crippen molar-refractivity contribution in [1.29, 1.82) is 0 Å². The van der Waals surface area contributed by atoms with Gasteiger partial charge in [-0.2, -0.15) is 0 Å². The first-order valence-corrected chi connectivity index (χ1v) is 17.8. The van der Waals surface area contributed by atoms with E-state index in [1.807, 2.05) is 36.4 Å². The van der Waals surface area contributed by atoms with Gasteiger partial charge in [0.15, 0.2) is 0 Å². The molecule has 0 unspecified atom stereocenters. The van der Waals surface area contributed by atoms with Gasteiger partial charge in [-0.15, -0.1) is 0 Å². The fraction of sp³-hybridized carbons (Fsp3) is 0.474. The predicted molar refractivity (Wildman–Crippen MR) is 201 cm³/mol. The SMILES string of the molecule is CC1(C)CNC[C@](C)(OCCNC(=O)c2cnc3ccccc3n2)C([O-])=NC(C)(C)CNC[C@@](C)(OCCNC(=O)c2cnc3ccccc3n2)C([O-])=N1.[Ni+2]. The zero-order valence-electron chi connectivity index (χ0n) is 31.9. The molecule has 55 heavy (non-hydrogen) atoms. The number of carbonyl (C=O) groups excluding carboxylic acids is 2. The first-order valence-electron chi connectivity index (χ1n) is 17.8. The Bertz CT molecular complexity index is 1890. The number of nitrogens with zero attached hydrogens (tertiary/aromatic N) is 6. The van der Waals surface area contributed by atoms with Crippen molar-refractivity contribution in [2.45, 2.75) is 63.8 Å². The molecule has 0 radical (unpaired) electrons. The third-order valence-corrected chi connectivity index (χ3v) is 8.73. The van der Waals surface area contributed by atoms with E-state index in [2.05, 4.69) is 51.2 Å². The molecule has 1 aliphatic heterocycles. The van der Waals surface area contributed by atoms with E-state index in [-0.39, 0.29) is 80.4 Å². The normalized spacial score (nSPS) is 21.7. The van der Waals surface area contributed by atoms with Crippen LogP contribution in [-0.4, -0.2) is 118 Å². The summed E-state index contributed by atoms with van der Waals surface area (Å²) in [5, 5.41) is 39.5. The second-order valence-corrected chi connectivity index (χ2v) is 14.8. The summed E-state index contributed by atoms with van der Waals surface area (Å²) in [6, 6.07) is 14.5. The summed E-state index contributed by atoms with van der Waals surface area (Å²) in [5.41, 5.74) is -1.68. The topological polar surface area (TPSA) is 223 Å². The second-order valence-electron chi connectivity index (χ2n) is 14.8. The van der Waals surface area contributed by atoms with Crippen molar-refractivity contribution in [2.75, 3.05) is 52.5 Å². The molecule has 0 fully saturated rings. The van der Waals surface area contributed by atoms with Gasteiger partial charge in [-0.25, -0.2) is 9.97 Å². The zero-order valence-corrected chi connectivity index (χ0v) is 32.9. The van der Waals surface area contributed by atoms with E-state index < -0.39 is 45.9 Å². The quantitative estimate of drug-likeness (QED) is 0.128. The summed E-state index contributed by atoms with van der Waals surface area (Å²) in [4.78, 5) is 51.9. The van der Waals surface area contributed by atoms with Crippen LogP contribution in [0.5, 0.6) is 0 Å². The van der Waals surface area contributed by atoms with E-state index in [0.717, 1.165) is 0 Å². The number of amides is 2. The minimum Gasteiger partial charge on any atom is -0.860 e. The van der Waals surface area contributed by atoms with E-state index in [9.17, 15) is 19.8 Å². The van der Waals surface area contributed by atoms with Gasteiger partial charge in [0, 0.05) is 39.3 Å². The summed E-state index contributed by atoms with van der Waals surface area (Å²) < 4.78 is 12.2. The molecule has 17 heteroatoms. The Balaban J connectivity index is 0.00000673. The zero-order chi connectivity index (χ0) is 39.0. The summed E-state index contributed by atoms with van der Waals surface area (Å²) in [6.07, 6.45) is 2.83. The van der Waals surface area contributed by atoms with Crippen LogP contribution in [0.3, 0.4) is 0 Å². The molecular weight excluding hydrogens is 751 g/mol. The van der Waals surface area contributed by atoms with E-state index >= 15 is 0 Å². The smallest absolute Gasteiger partial charge is 0.860 e. The molecule has 0 bridgehead atoms. The average Bonchev–Trinajstić information content (AvgIpc) is 3.13. The summed E-state index contributed by atoms with van der Waals surface area (Å²) >= 11 is 0. The monoisotopic (exact) mass is 798 g/mol. The van der Waals surface area contributed by atoms with Crippen molar-refractivity contribution in [2.24, 2.45) is 9.98 Å². The van der Waals surface area contributed by atoms with Crippen molar-refractivity contribution in [1.82, 2.24) is 41.2 Å². The Morgan fingerprint density at radius 3 is 1.38 bits per heavy atom. The van der Waals surface area contributed by atoms with Gasteiger partial charge in [0.2, 0.25) is 0 Å². The Hall–Kier alpha value is -4.67. The largest absolute Gasteiger partial charge is 2.00 e. The van der Waals surface area contributed by atoms with Crippen LogP contribution >= 0.6 is 0 Å². The maximum absolute atomic E-state index is 13.7. The fourth-order valence-electron chi connectivity index (χ4n) is 5.65. The molecule has 2 aromatic heterocycles. The number of fused-ring (bicyclic) bond motifs is 2. The minimum absolute atomic E-state index is 0. The number of carbonyl (C=O) groups is 2. The van der Waals surface area contributed by atoms with Crippen molar-refractivity contribution in [3.63, 3.8) is 0 Å². The van der Waals surface area contributed by atoms with Crippen LogP contribution in [-0.2, 0) is 26.0 Å². The molecule has 3 heterocycles. The van der Waals surface area contributed by atoms with Crippen LogP contribution in [0.25, 0.3) is 22.1 Å². The Labute approximate surface area is 330 Å². The van der Waals surface area contributed by atoms with Gasteiger partial charge in [0.05, 0.1) is 58.8 Å². The number of rotatable bonds is 10. The van der Waals surface area contributed by atoms with Crippen molar-refractivity contribution in [3.8, 4) is 0 Å². The number of aliphatic imine (C=N–C) groups is 2. The molecule has 0 saturated heterocycles. The summed E-state index contributed by atoms with van der Waals surface area (Å²) in [7, 11) is 0. The molecule has 2 aromatic carbocycles. The molecule has 296 valence electrons. The molecule has 4 aromatic rings. The number of aromatic nitrogens is 4. The van der Waals surface area contributed by atoms with E-state index in [1.54, 1.807) is 53.7 Å². The van der Waals surface area contributed by atoms with Crippen LogP contribution in [0, 0.1) is 0 Å². The van der Waals surface area contributed by atoms with E-state index in [1.165, 1.54) is 12.4 Å². The Morgan fingerprint density at radius 2 is 1.00 bits per heavy atom. The molecule has 0 saturated carbocycles. The van der Waals surface area contributed by atoms with Crippen LogP contribution in [0.15, 0.2) is 70.9 Å². The van der Waals surface area contributed by atoms with Gasteiger partial charge in [-0.3, -0.25) is 29.5 Å². The van der Waals surface area contributed by atoms with Gasteiger partial charge in [-0.1, -0.05) is 24.3 Å². The first kappa shape index (κ1) is 43.1. The average molecular weight is 800 g/mol. The number of hydrogen-bond acceptors (Lipinski definition) is 14. The maximum atomic E-state index is 13.7. The van der Waals surface area contributed by atoms with Crippen LogP contribution in [0.1, 0.15) is 62.5 Å². The van der Waals surface area contributed by atoms with Gasteiger partial charge in [-0.05, 0) is 77.6 Å². The Kier molecular flexibility index (Phi) is 14.3. The molecular formula is C38H48N10NiO6. The third kappa shape index (κ3) is 11.7. The molecule has 16 nitrogen and oxygen atoms in total. The van der Waals surface area contributed by atoms with Crippen molar-refractivity contribution < 1.29 is 45.8 Å². The summed E-state index contributed by atoms with van der Waals surface area (Å²) in [5.74, 6) is -1.80. The molecule has 2 amide bonds. The number of hydrogen-bond donors (Lipinski definition) is 4. The number of ether oxygens (including phenoxy) is 2. The third-order valence-electron chi connectivity index (χ3n) is 8.73. The number of para-hydroxylation sites is 4. The standard InChI is InChI=1S/C38H50N10O6.Ni/c1-35(2)21-39-23-38(6,54-18-16-42-32(50)30-20-44-26-12-8-10-14-28(26)46-30)34(52)48-36(3,4)22-40-24-37(5,33(51)47-35)53-17-15-41-31(49)29-19-43-25-11-7-9-13-27(25)45-29;/h7-14,19-20,39-40H,15-18,21-24H2,1-6H3,(H,41,49)(H,42,50)(H,47,51)(H,48,52);/q;+2/p-2/t37-,38+;. The molecule has 0 spiro atoms. The number of benzene rings is 2. The van der Waals surface area contributed by atoms with Gasteiger partial charge >= 0.3 is 16.5 Å². The minimum atomic E-state index is -1.39. The van der Waals surface area contributed by atoms with Gasteiger partial charge < -0.3 is 41.0 Å². The van der Waals surface area contributed by atoms with Crippen LogP contribution in [0.2, 0.25) is 0 Å². The van der Waals surface area contributed by atoms with Gasteiger partial charge in [0.1, 0.15) is 22.6 Å². The van der Waals surface area contributed by atoms with Crippen LogP contribution < -0.4 is 31.5 Å². The molecule has 4 N–H and O–H groups in total. The van der Waals surface area contributed by atoms with E-state index in [4.69, 9.17) is 9.47 Å². The van der Waals surface area contributed by atoms with Crippen LogP contribution in [0.4, 0.5) is 0 Å². The molecule has 2 atom stereocenters.